The molecule has 4 nitrogen and oxygen atoms in total. The van der Waals surface area contributed by atoms with Gasteiger partial charge < -0.3 is 4.74 Å². The summed E-state index contributed by atoms with van der Waals surface area (Å²) in [5.41, 5.74) is 0.651. The highest BCUT2D eigenvalue weighted by molar-refractivity contribution is 7.99. The second kappa shape index (κ2) is 8.41. The van der Waals surface area contributed by atoms with Crippen molar-refractivity contribution in [3.8, 4) is 5.75 Å². The first-order chi connectivity index (χ1) is 12.5. The van der Waals surface area contributed by atoms with Gasteiger partial charge in [0.25, 0.3) is 0 Å². The quantitative estimate of drug-likeness (QED) is 0.765. The molecule has 7 heteroatoms. The molecule has 2 aromatic carbocycles. The molecule has 140 valence electrons. The van der Waals surface area contributed by atoms with E-state index >= 15 is 0 Å². The van der Waals surface area contributed by atoms with Crippen molar-refractivity contribution < 1.29 is 17.5 Å². The highest BCUT2D eigenvalue weighted by atomic mass is 32.2. The molecule has 0 N–H and O–H groups in total. The van der Waals surface area contributed by atoms with Crippen LogP contribution in [-0.4, -0.2) is 38.2 Å². The lowest BCUT2D eigenvalue weighted by Crippen LogP contribution is -2.33. The molecule has 1 aliphatic heterocycles. The average molecular weight is 396 g/mol. The second-order valence-corrected chi connectivity index (χ2v) is 9.23. The van der Waals surface area contributed by atoms with Gasteiger partial charge in [-0.3, -0.25) is 0 Å². The van der Waals surface area contributed by atoms with Gasteiger partial charge >= 0.3 is 0 Å². The van der Waals surface area contributed by atoms with Crippen LogP contribution < -0.4 is 4.74 Å². The molecule has 0 spiro atoms. The van der Waals surface area contributed by atoms with E-state index in [-0.39, 0.29) is 16.0 Å². The van der Waals surface area contributed by atoms with Gasteiger partial charge in [0.1, 0.15) is 11.6 Å². The summed E-state index contributed by atoms with van der Waals surface area (Å²) in [6, 6.07) is 13.2. The van der Waals surface area contributed by atoms with Gasteiger partial charge in [-0.2, -0.15) is 16.1 Å². The molecule has 2 aromatic rings. The summed E-state index contributed by atoms with van der Waals surface area (Å²) in [6.45, 7) is 3.21. The molecule has 0 radical (unpaired) electrons. The minimum atomic E-state index is -3.56. The van der Waals surface area contributed by atoms with Crippen LogP contribution in [0.3, 0.4) is 0 Å². The fraction of sp³-hybridized carbons (Fsp3) is 0.368. The van der Waals surface area contributed by atoms with E-state index < -0.39 is 10.0 Å². The van der Waals surface area contributed by atoms with Crippen LogP contribution >= 0.6 is 11.8 Å². The van der Waals surface area contributed by atoms with Gasteiger partial charge in [0, 0.05) is 29.7 Å². The third-order valence-corrected chi connectivity index (χ3v) is 7.55. The van der Waals surface area contributed by atoms with E-state index in [1.165, 1.54) is 10.4 Å². The minimum absolute atomic E-state index is 0.0308. The number of sulfonamides is 1. The predicted molar refractivity (Wildman–Crippen MR) is 103 cm³/mol. The summed E-state index contributed by atoms with van der Waals surface area (Å²) in [6.07, 6.45) is 0.585. The lowest BCUT2D eigenvalue weighted by molar-refractivity contribution is 0.340. The van der Waals surface area contributed by atoms with Crippen LogP contribution in [0.15, 0.2) is 53.4 Å². The zero-order chi connectivity index (χ0) is 18.6. The van der Waals surface area contributed by atoms with E-state index in [0.717, 1.165) is 0 Å². The fourth-order valence-corrected chi connectivity index (χ4v) is 5.82. The zero-order valence-corrected chi connectivity index (χ0v) is 16.2. The van der Waals surface area contributed by atoms with Crippen molar-refractivity contribution in [3.63, 3.8) is 0 Å². The Morgan fingerprint density at radius 3 is 2.58 bits per heavy atom. The van der Waals surface area contributed by atoms with E-state index in [1.807, 2.05) is 13.0 Å². The molecule has 1 aliphatic rings. The van der Waals surface area contributed by atoms with Crippen molar-refractivity contribution in [3.05, 3.63) is 59.9 Å². The van der Waals surface area contributed by atoms with Gasteiger partial charge in [-0.15, -0.1) is 0 Å². The van der Waals surface area contributed by atoms with Crippen LogP contribution in [0.25, 0.3) is 0 Å². The van der Waals surface area contributed by atoms with E-state index in [1.54, 1.807) is 48.2 Å². The first kappa shape index (κ1) is 19.2. The normalized spacial score (nSPS) is 19.1. The maximum atomic E-state index is 14.0. The highest BCUT2D eigenvalue weighted by Gasteiger charge is 2.29. The standard InChI is InChI=1S/C19H22FNO3S2/c1-2-24-15-7-9-16(10-8-15)26(22,23)21-12-11-19(25-14-13-21)17-5-3-4-6-18(17)20/h3-10,19H,2,11-14H2,1H3. The monoisotopic (exact) mass is 395 g/mol. The molecule has 3 rings (SSSR count). The topological polar surface area (TPSA) is 46.6 Å². The van der Waals surface area contributed by atoms with Crippen molar-refractivity contribution in [2.45, 2.75) is 23.5 Å². The molecule has 0 amide bonds. The summed E-state index contributed by atoms with van der Waals surface area (Å²) in [5.74, 6) is 1.06. The Kier molecular flexibility index (Phi) is 6.21. The van der Waals surface area contributed by atoms with Crippen LogP contribution in [0.4, 0.5) is 4.39 Å². The minimum Gasteiger partial charge on any atom is -0.494 e. The van der Waals surface area contributed by atoms with E-state index in [2.05, 4.69) is 0 Å². The maximum absolute atomic E-state index is 14.0. The van der Waals surface area contributed by atoms with Crippen molar-refractivity contribution in [2.24, 2.45) is 0 Å². The van der Waals surface area contributed by atoms with Crippen LogP contribution in [-0.2, 0) is 10.0 Å². The van der Waals surface area contributed by atoms with E-state index in [0.29, 0.717) is 43.2 Å². The number of ether oxygens (including phenoxy) is 1. The van der Waals surface area contributed by atoms with Gasteiger partial charge in [-0.25, -0.2) is 12.8 Å². The molecule has 1 saturated heterocycles. The summed E-state index contributed by atoms with van der Waals surface area (Å²) in [7, 11) is -3.56. The van der Waals surface area contributed by atoms with Crippen LogP contribution in [0.1, 0.15) is 24.2 Å². The van der Waals surface area contributed by atoms with E-state index in [4.69, 9.17) is 4.74 Å². The molecule has 0 bridgehead atoms. The number of benzene rings is 2. The SMILES string of the molecule is CCOc1ccc(S(=O)(=O)N2CCSC(c3ccccc3F)CC2)cc1. The van der Waals surface area contributed by atoms with Crippen LogP contribution in [0.2, 0.25) is 0 Å². The van der Waals surface area contributed by atoms with E-state index in [9.17, 15) is 12.8 Å². The highest BCUT2D eigenvalue weighted by Crippen LogP contribution is 2.36. The first-order valence-electron chi connectivity index (χ1n) is 8.61. The third kappa shape index (κ3) is 4.22. The molecule has 1 atom stereocenters. The summed E-state index contributed by atoms with van der Waals surface area (Å²) in [5, 5.41) is -0.0308. The Labute approximate surface area is 158 Å². The second-order valence-electron chi connectivity index (χ2n) is 5.98. The van der Waals surface area contributed by atoms with Crippen LogP contribution in [0.5, 0.6) is 5.75 Å². The number of nitrogens with zero attached hydrogens (tertiary/aromatic N) is 1. The number of thioether (sulfide) groups is 1. The lowest BCUT2D eigenvalue weighted by atomic mass is 10.1. The number of rotatable bonds is 5. The average Bonchev–Trinajstić information content (AvgIpc) is 2.89. The zero-order valence-electron chi connectivity index (χ0n) is 14.6. The molecule has 0 aliphatic carbocycles. The number of hydrogen-bond donors (Lipinski definition) is 0. The van der Waals surface area contributed by atoms with Crippen molar-refractivity contribution >= 4 is 21.8 Å². The largest absolute Gasteiger partial charge is 0.494 e. The van der Waals surface area contributed by atoms with Gasteiger partial charge in [0.15, 0.2) is 0 Å². The molecule has 0 aromatic heterocycles. The Bertz CT molecular complexity index is 840. The number of hydrogen-bond acceptors (Lipinski definition) is 4. The third-order valence-electron chi connectivity index (χ3n) is 4.33. The molecule has 1 heterocycles. The van der Waals surface area contributed by atoms with Crippen LogP contribution in [0, 0.1) is 5.82 Å². The molecule has 26 heavy (non-hydrogen) atoms. The maximum Gasteiger partial charge on any atom is 0.243 e. The predicted octanol–water partition coefficient (Wildman–Crippen LogP) is 4.09. The van der Waals surface area contributed by atoms with Gasteiger partial charge in [0.05, 0.1) is 11.5 Å². The smallest absolute Gasteiger partial charge is 0.243 e. The Balaban J connectivity index is 1.74. The molecule has 0 saturated carbocycles. The molecule has 1 unspecified atom stereocenters. The summed E-state index contributed by atoms with van der Waals surface area (Å²) < 4.78 is 46.8. The van der Waals surface area contributed by atoms with Gasteiger partial charge in [-0.1, -0.05) is 18.2 Å². The molecular weight excluding hydrogens is 373 g/mol. The lowest BCUT2D eigenvalue weighted by Gasteiger charge is -2.20. The van der Waals surface area contributed by atoms with Crippen molar-refractivity contribution in [2.75, 3.05) is 25.4 Å². The Morgan fingerprint density at radius 2 is 1.88 bits per heavy atom. The summed E-state index contributed by atoms with van der Waals surface area (Å²) >= 11 is 1.61. The number of halogens is 1. The Hall–Kier alpha value is -1.57. The van der Waals surface area contributed by atoms with Gasteiger partial charge in [0.2, 0.25) is 10.0 Å². The molecular formula is C19H22FNO3S2. The van der Waals surface area contributed by atoms with Gasteiger partial charge in [-0.05, 0) is 43.7 Å². The summed E-state index contributed by atoms with van der Waals surface area (Å²) in [4.78, 5) is 0.260. The first-order valence-corrected chi connectivity index (χ1v) is 11.1. The molecule has 1 fully saturated rings. The van der Waals surface area contributed by atoms with Crippen molar-refractivity contribution in [1.29, 1.82) is 0 Å². The Morgan fingerprint density at radius 1 is 1.15 bits per heavy atom. The fourth-order valence-electron chi connectivity index (χ4n) is 3.00. The van der Waals surface area contributed by atoms with Crippen molar-refractivity contribution in [1.82, 2.24) is 4.31 Å².